The van der Waals surface area contributed by atoms with Crippen molar-refractivity contribution in [3.63, 3.8) is 0 Å². The summed E-state index contributed by atoms with van der Waals surface area (Å²) in [5.74, 6) is 0.0529. The molecule has 1 fully saturated rings. The van der Waals surface area contributed by atoms with Gasteiger partial charge in [0.05, 0.1) is 11.5 Å². The van der Waals surface area contributed by atoms with Gasteiger partial charge in [-0.2, -0.15) is 0 Å². The summed E-state index contributed by atoms with van der Waals surface area (Å²) in [6.07, 6.45) is 3.79. The minimum Gasteiger partial charge on any atom is -0.378 e. The maximum absolute atomic E-state index is 11.7. The minimum atomic E-state index is -0.173. The number of benzene rings is 1. The molecule has 104 valence electrons. The van der Waals surface area contributed by atoms with Crippen molar-refractivity contribution >= 4 is 17.5 Å². The number of alkyl halides is 1. The molecule has 1 aromatic carbocycles. The maximum atomic E-state index is 11.7. The predicted molar refractivity (Wildman–Crippen MR) is 76.3 cm³/mol. The molecule has 1 aliphatic heterocycles. The van der Waals surface area contributed by atoms with Crippen LogP contribution in [0.4, 0.5) is 0 Å². The van der Waals surface area contributed by atoms with E-state index in [0.717, 1.165) is 31.4 Å². The molecule has 0 radical (unpaired) electrons. The van der Waals surface area contributed by atoms with Crippen molar-refractivity contribution in [2.75, 3.05) is 13.2 Å². The van der Waals surface area contributed by atoms with Crippen LogP contribution in [0.2, 0.25) is 0 Å². The summed E-state index contributed by atoms with van der Waals surface area (Å²) in [7, 11) is 0. The van der Waals surface area contributed by atoms with Gasteiger partial charge in [-0.3, -0.25) is 4.79 Å². The molecular formula is C15H20ClNO2. The van der Waals surface area contributed by atoms with Crippen LogP contribution in [0.5, 0.6) is 0 Å². The van der Waals surface area contributed by atoms with Crippen LogP contribution in [-0.4, -0.2) is 25.2 Å². The fourth-order valence-electron chi connectivity index (χ4n) is 2.24. The van der Waals surface area contributed by atoms with Crippen LogP contribution in [0.3, 0.4) is 0 Å². The Bertz CT molecular complexity index is 390. The first-order valence-electron chi connectivity index (χ1n) is 6.83. The summed E-state index contributed by atoms with van der Waals surface area (Å²) in [6.45, 7) is 1.31. The number of amides is 1. The maximum Gasteiger partial charge on any atom is 0.220 e. The van der Waals surface area contributed by atoms with Crippen molar-refractivity contribution in [3.05, 3.63) is 35.9 Å². The Hall–Kier alpha value is -1.06. The first-order chi connectivity index (χ1) is 9.25. The Labute approximate surface area is 119 Å². The monoisotopic (exact) mass is 281 g/mol. The summed E-state index contributed by atoms with van der Waals surface area (Å²) >= 11 is 6.24. The third kappa shape index (κ3) is 4.84. The van der Waals surface area contributed by atoms with Gasteiger partial charge in [-0.1, -0.05) is 30.3 Å². The number of nitrogens with one attached hydrogen (secondary N) is 1. The highest BCUT2D eigenvalue weighted by Gasteiger charge is 2.17. The topological polar surface area (TPSA) is 38.3 Å². The van der Waals surface area contributed by atoms with E-state index in [2.05, 4.69) is 5.32 Å². The largest absolute Gasteiger partial charge is 0.378 e. The van der Waals surface area contributed by atoms with Gasteiger partial charge >= 0.3 is 0 Å². The highest BCUT2D eigenvalue weighted by atomic mass is 35.5. The molecule has 1 heterocycles. The second-order valence-electron chi connectivity index (χ2n) is 4.86. The van der Waals surface area contributed by atoms with E-state index in [4.69, 9.17) is 16.3 Å². The van der Waals surface area contributed by atoms with Crippen molar-refractivity contribution in [1.29, 1.82) is 0 Å². The summed E-state index contributed by atoms with van der Waals surface area (Å²) in [6, 6.07) is 9.79. The lowest BCUT2D eigenvalue weighted by Crippen LogP contribution is -2.27. The van der Waals surface area contributed by atoms with Crippen molar-refractivity contribution < 1.29 is 9.53 Å². The first-order valence-corrected chi connectivity index (χ1v) is 7.26. The highest BCUT2D eigenvalue weighted by molar-refractivity contribution is 6.21. The molecule has 2 atom stereocenters. The lowest BCUT2D eigenvalue weighted by atomic mass is 10.1. The Morgan fingerprint density at radius 1 is 1.42 bits per heavy atom. The van der Waals surface area contributed by atoms with Gasteiger partial charge in [0, 0.05) is 19.6 Å². The van der Waals surface area contributed by atoms with E-state index in [1.54, 1.807) is 0 Å². The summed E-state index contributed by atoms with van der Waals surface area (Å²) in [4.78, 5) is 11.7. The molecule has 0 aliphatic carbocycles. The lowest BCUT2D eigenvalue weighted by Gasteiger charge is -2.12. The number of rotatable bonds is 6. The van der Waals surface area contributed by atoms with Gasteiger partial charge < -0.3 is 10.1 Å². The molecule has 0 bridgehead atoms. The molecule has 1 amide bonds. The molecule has 4 heteroatoms. The standard InChI is InChI=1S/C15H20ClNO2/c16-14(12-5-2-1-3-6-12)11-17-15(18)9-8-13-7-4-10-19-13/h1-3,5-6,13-14H,4,7-11H2,(H,17,18). The number of hydrogen-bond donors (Lipinski definition) is 1. The van der Waals surface area contributed by atoms with Gasteiger partial charge in [0.2, 0.25) is 5.91 Å². The van der Waals surface area contributed by atoms with Gasteiger partial charge in [0.1, 0.15) is 0 Å². The number of ether oxygens (including phenoxy) is 1. The molecule has 1 saturated heterocycles. The highest BCUT2D eigenvalue weighted by Crippen LogP contribution is 2.19. The fraction of sp³-hybridized carbons (Fsp3) is 0.533. The molecule has 3 nitrogen and oxygen atoms in total. The summed E-state index contributed by atoms with van der Waals surface area (Å²) in [5.41, 5.74) is 1.03. The average molecular weight is 282 g/mol. The minimum absolute atomic E-state index is 0.0529. The molecular weight excluding hydrogens is 262 g/mol. The van der Waals surface area contributed by atoms with E-state index in [1.807, 2.05) is 30.3 Å². The van der Waals surface area contributed by atoms with E-state index in [-0.39, 0.29) is 17.4 Å². The molecule has 0 saturated carbocycles. The quantitative estimate of drug-likeness (QED) is 0.814. The predicted octanol–water partition coefficient (Wildman–Crippen LogP) is 3.04. The SMILES string of the molecule is O=C(CCC1CCCO1)NCC(Cl)c1ccccc1. The Morgan fingerprint density at radius 3 is 2.89 bits per heavy atom. The van der Waals surface area contributed by atoms with Crippen molar-refractivity contribution in [2.45, 2.75) is 37.2 Å². The van der Waals surface area contributed by atoms with Crippen LogP contribution >= 0.6 is 11.6 Å². The van der Waals surface area contributed by atoms with E-state index in [0.29, 0.717) is 13.0 Å². The van der Waals surface area contributed by atoms with Crippen LogP contribution in [-0.2, 0) is 9.53 Å². The van der Waals surface area contributed by atoms with Crippen molar-refractivity contribution in [2.24, 2.45) is 0 Å². The zero-order valence-electron chi connectivity index (χ0n) is 11.0. The molecule has 2 unspecified atom stereocenters. The molecule has 1 aromatic rings. The van der Waals surface area contributed by atoms with Crippen LogP contribution < -0.4 is 5.32 Å². The van der Waals surface area contributed by atoms with Gasteiger partial charge in [0.25, 0.3) is 0 Å². The average Bonchev–Trinajstić information content (AvgIpc) is 2.96. The van der Waals surface area contributed by atoms with Crippen molar-refractivity contribution in [1.82, 2.24) is 5.32 Å². The molecule has 19 heavy (non-hydrogen) atoms. The zero-order chi connectivity index (χ0) is 13.5. The molecule has 1 aliphatic rings. The molecule has 0 spiro atoms. The van der Waals surface area contributed by atoms with Gasteiger partial charge in [-0.15, -0.1) is 11.6 Å². The molecule has 0 aromatic heterocycles. The normalized spacial score (nSPS) is 20.2. The van der Waals surface area contributed by atoms with Gasteiger partial charge in [-0.05, 0) is 24.8 Å². The second-order valence-corrected chi connectivity index (χ2v) is 5.38. The fourth-order valence-corrected chi connectivity index (χ4v) is 2.46. The van der Waals surface area contributed by atoms with Crippen LogP contribution in [0.25, 0.3) is 0 Å². The second kappa shape index (κ2) is 7.51. The van der Waals surface area contributed by atoms with E-state index in [9.17, 15) is 4.79 Å². The summed E-state index contributed by atoms with van der Waals surface area (Å²) in [5, 5.41) is 2.71. The Balaban J connectivity index is 1.65. The van der Waals surface area contributed by atoms with E-state index >= 15 is 0 Å². The third-order valence-corrected chi connectivity index (χ3v) is 3.76. The van der Waals surface area contributed by atoms with E-state index < -0.39 is 0 Å². The zero-order valence-corrected chi connectivity index (χ0v) is 11.7. The summed E-state index contributed by atoms with van der Waals surface area (Å²) < 4.78 is 5.49. The molecule has 2 rings (SSSR count). The number of carbonyl (C=O) groups is 1. The number of halogens is 1. The first kappa shape index (κ1) is 14.4. The number of carbonyl (C=O) groups excluding carboxylic acids is 1. The number of hydrogen-bond acceptors (Lipinski definition) is 2. The molecule has 1 N–H and O–H groups in total. The third-order valence-electron chi connectivity index (χ3n) is 3.36. The van der Waals surface area contributed by atoms with Gasteiger partial charge in [-0.25, -0.2) is 0 Å². The smallest absolute Gasteiger partial charge is 0.220 e. The van der Waals surface area contributed by atoms with Gasteiger partial charge in [0.15, 0.2) is 0 Å². The van der Waals surface area contributed by atoms with Crippen LogP contribution in [0.1, 0.15) is 36.6 Å². The van der Waals surface area contributed by atoms with Crippen LogP contribution in [0.15, 0.2) is 30.3 Å². The lowest BCUT2D eigenvalue weighted by molar-refractivity contribution is -0.121. The Morgan fingerprint density at radius 2 is 2.21 bits per heavy atom. The van der Waals surface area contributed by atoms with E-state index in [1.165, 1.54) is 0 Å². The van der Waals surface area contributed by atoms with Crippen molar-refractivity contribution in [3.8, 4) is 0 Å². The Kier molecular flexibility index (Phi) is 5.67. The van der Waals surface area contributed by atoms with Crippen LogP contribution in [0, 0.1) is 0 Å².